The van der Waals surface area contributed by atoms with E-state index in [1.165, 1.54) is 18.3 Å². The number of hydrogen-bond acceptors (Lipinski definition) is 4. The number of imidazole rings is 1. The lowest BCUT2D eigenvalue weighted by Gasteiger charge is -2.08. The van der Waals surface area contributed by atoms with Crippen LogP contribution in [0.2, 0.25) is 0 Å². The number of aryl methyl sites for hydroxylation is 1. The molecule has 0 aliphatic rings. The molecule has 0 aliphatic carbocycles. The highest BCUT2D eigenvalue weighted by molar-refractivity contribution is 9.10. The van der Waals surface area contributed by atoms with Crippen LogP contribution in [0.4, 0.5) is 5.69 Å². The van der Waals surface area contributed by atoms with Gasteiger partial charge in [-0.15, -0.1) is 0 Å². The minimum Gasteiger partial charge on any atom is -0.332 e. The number of halogens is 1. The quantitative estimate of drug-likeness (QED) is 0.894. The van der Waals surface area contributed by atoms with Gasteiger partial charge in [-0.2, -0.15) is 13.7 Å². The van der Waals surface area contributed by atoms with E-state index < -0.39 is 10.0 Å². The van der Waals surface area contributed by atoms with Crippen molar-refractivity contribution in [3.8, 4) is 6.07 Å². The van der Waals surface area contributed by atoms with E-state index in [9.17, 15) is 8.42 Å². The SMILES string of the molecule is Cc1ncc(S(=O)(=O)Nc2cc(Br)ccc2C#N)[nH]1. The summed E-state index contributed by atoms with van der Waals surface area (Å²) in [6.45, 7) is 1.65. The van der Waals surface area contributed by atoms with Crippen LogP contribution >= 0.6 is 15.9 Å². The normalized spacial score (nSPS) is 11.0. The zero-order chi connectivity index (χ0) is 14.0. The number of sulfonamides is 1. The fourth-order valence-corrected chi connectivity index (χ4v) is 2.84. The lowest BCUT2D eigenvalue weighted by Crippen LogP contribution is -2.14. The van der Waals surface area contributed by atoms with Gasteiger partial charge in [-0.25, -0.2) is 4.98 Å². The van der Waals surface area contributed by atoms with Gasteiger partial charge in [0, 0.05) is 4.47 Å². The molecule has 0 aliphatic heterocycles. The second-order valence-corrected chi connectivity index (χ2v) is 6.31. The van der Waals surface area contributed by atoms with Gasteiger partial charge < -0.3 is 4.98 Å². The Kier molecular flexibility index (Phi) is 3.59. The van der Waals surface area contributed by atoms with E-state index in [0.29, 0.717) is 10.3 Å². The van der Waals surface area contributed by atoms with Crippen LogP contribution in [0.25, 0.3) is 0 Å². The zero-order valence-electron chi connectivity index (χ0n) is 9.81. The van der Waals surface area contributed by atoms with Crippen LogP contribution in [0.15, 0.2) is 33.9 Å². The van der Waals surface area contributed by atoms with Gasteiger partial charge in [-0.1, -0.05) is 15.9 Å². The number of nitrogens with one attached hydrogen (secondary N) is 2. The van der Waals surface area contributed by atoms with E-state index >= 15 is 0 Å². The van der Waals surface area contributed by atoms with Gasteiger partial charge in [-0.05, 0) is 25.1 Å². The summed E-state index contributed by atoms with van der Waals surface area (Å²) in [5.74, 6) is 0.495. The number of hydrogen-bond donors (Lipinski definition) is 2. The van der Waals surface area contributed by atoms with Crippen molar-refractivity contribution < 1.29 is 8.42 Å². The van der Waals surface area contributed by atoms with Gasteiger partial charge in [0.1, 0.15) is 11.9 Å². The van der Waals surface area contributed by atoms with Crippen LogP contribution in [0.5, 0.6) is 0 Å². The summed E-state index contributed by atoms with van der Waals surface area (Å²) < 4.78 is 27.2. The molecule has 1 aromatic heterocycles. The number of aromatic amines is 1. The third-order valence-electron chi connectivity index (χ3n) is 2.32. The van der Waals surface area contributed by atoms with Crippen molar-refractivity contribution in [2.24, 2.45) is 0 Å². The first-order valence-electron chi connectivity index (χ1n) is 5.16. The minimum atomic E-state index is -3.78. The molecule has 8 heteroatoms. The van der Waals surface area contributed by atoms with Crippen LogP contribution in [0.3, 0.4) is 0 Å². The molecule has 98 valence electrons. The highest BCUT2D eigenvalue weighted by Crippen LogP contribution is 2.23. The molecule has 0 atom stereocenters. The zero-order valence-corrected chi connectivity index (χ0v) is 12.2. The number of aromatic nitrogens is 2. The van der Waals surface area contributed by atoms with Gasteiger partial charge in [-0.3, -0.25) is 4.72 Å². The van der Waals surface area contributed by atoms with Gasteiger partial charge in [0.15, 0.2) is 5.03 Å². The molecule has 0 amide bonds. The number of nitriles is 1. The molecular weight excluding hydrogens is 332 g/mol. The summed E-state index contributed by atoms with van der Waals surface area (Å²) in [5, 5.41) is 8.91. The first-order valence-corrected chi connectivity index (χ1v) is 7.44. The molecule has 0 unspecified atom stereocenters. The van der Waals surface area contributed by atoms with Crippen LogP contribution in [-0.4, -0.2) is 18.4 Å². The molecule has 0 fully saturated rings. The number of H-pyrrole nitrogens is 1. The van der Waals surface area contributed by atoms with Gasteiger partial charge in [0.05, 0.1) is 17.4 Å². The van der Waals surface area contributed by atoms with Gasteiger partial charge in [0.2, 0.25) is 0 Å². The van der Waals surface area contributed by atoms with E-state index in [4.69, 9.17) is 5.26 Å². The number of benzene rings is 1. The first kappa shape index (κ1) is 13.6. The van der Waals surface area contributed by atoms with Crippen molar-refractivity contribution in [1.29, 1.82) is 5.26 Å². The van der Waals surface area contributed by atoms with Gasteiger partial charge in [0.25, 0.3) is 10.0 Å². The van der Waals surface area contributed by atoms with Crippen molar-refractivity contribution in [3.63, 3.8) is 0 Å². The highest BCUT2D eigenvalue weighted by atomic mass is 79.9. The molecule has 2 rings (SSSR count). The highest BCUT2D eigenvalue weighted by Gasteiger charge is 2.18. The Hall–Kier alpha value is -1.85. The minimum absolute atomic E-state index is 0.0473. The Morgan fingerprint density at radius 1 is 1.47 bits per heavy atom. The molecule has 0 spiro atoms. The largest absolute Gasteiger partial charge is 0.332 e. The smallest absolute Gasteiger partial charge is 0.279 e. The Bertz CT molecular complexity index is 761. The second-order valence-electron chi connectivity index (χ2n) is 3.74. The topological polar surface area (TPSA) is 98.6 Å². The molecule has 1 aromatic carbocycles. The predicted octanol–water partition coefficient (Wildman–Crippen LogP) is 2.15. The van der Waals surface area contributed by atoms with E-state index in [0.717, 1.165) is 0 Å². The van der Waals surface area contributed by atoms with Crippen molar-refractivity contribution in [3.05, 3.63) is 40.3 Å². The van der Waals surface area contributed by atoms with E-state index in [1.807, 2.05) is 6.07 Å². The third kappa shape index (κ3) is 2.94. The standard InChI is InChI=1S/C11H9BrN4O2S/c1-7-14-6-11(15-7)19(17,18)16-10-4-9(12)3-2-8(10)5-13/h2-4,6,16H,1H3,(H,14,15). The van der Waals surface area contributed by atoms with Gasteiger partial charge >= 0.3 is 0 Å². The molecule has 1 heterocycles. The maximum absolute atomic E-state index is 12.1. The molecule has 2 N–H and O–H groups in total. The summed E-state index contributed by atoms with van der Waals surface area (Å²) in [6, 6.07) is 6.65. The summed E-state index contributed by atoms with van der Waals surface area (Å²) in [4.78, 5) is 6.47. The number of rotatable bonds is 3. The summed E-state index contributed by atoms with van der Waals surface area (Å²) >= 11 is 3.23. The number of nitrogens with zero attached hydrogens (tertiary/aromatic N) is 2. The molecule has 19 heavy (non-hydrogen) atoms. The second kappa shape index (κ2) is 5.03. The lowest BCUT2D eigenvalue weighted by atomic mass is 10.2. The Labute approximate surface area is 118 Å². The molecule has 2 aromatic rings. The lowest BCUT2D eigenvalue weighted by molar-refractivity contribution is 0.598. The maximum Gasteiger partial charge on any atom is 0.279 e. The summed E-state index contributed by atoms with van der Waals surface area (Å²) in [5.41, 5.74) is 0.451. The van der Waals surface area contributed by atoms with Crippen LogP contribution in [0.1, 0.15) is 11.4 Å². The van der Waals surface area contributed by atoms with Crippen molar-refractivity contribution in [2.45, 2.75) is 11.9 Å². The van der Waals surface area contributed by atoms with Crippen molar-refractivity contribution >= 4 is 31.6 Å². The summed E-state index contributed by atoms with van der Waals surface area (Å²) in [6.07, 6.45) is 1.22. The molecule has 0 bridgehead atoms. The fraction of sp³-hybridized carbons (Fsp3) is 0.0909. The molecule has 0 saturated carbocycles. The van der Waals surface area contributed by atoms with E-state index in [2.05, 4.69) is 30.6 Å². The average Bonchev–Trinajstić information content (AvgIpc) is 2.76. The van der Waals surface area contributed by atoms with Crippen LogP contribution in [-0.2, 0) is 10.0 Å². The van der Waals surface area contributed by atoms with Crippen LogP contribution in [0, 0.1) is 18.3 Å². The monoisotopic (exact) mass is 340 g/mol. The molecule has 0 saturated heterocycles. The van der Waals surface area contributed by atoms with Crippen LogP contribution < -0.4 is 4.72 Å². The Morgan fingerprint density at radius 3 is 2.79 bits per heavy atom. The maximum atomic E-state index is 12.1. The predicted molar refractivity (Wildman–Crippen MR) is 73.0 cm³/mol. The first-order chi connectivity index (χ1) is 8.92. The Morgan fingerprint density at radius 2 is 2.21 bits per heavy atom. The van der Waals surface area contributed by atoms with Crippen molar-refractivity contribution in [1.82, 2.24) is 9.97 Å². The van der Waals surface area contributed by atoms with Crippen molar-refractivity contribution in [2.75, 3.05) is 4.72 Å². The third-order valence-corrected chi connectivity index (χ3v) is 4.08. The summed E-state index contributed by atoms with van der Waals surface area (Å²) in [7, 11) is -3.78. The van der Waals surface area contributed by atoms with E-state index in [-0.39, 0.29) is 16.3 Å². The van der Waals surface area contributed by atoms with E-state index in [1.54, 1.807) is 13.0 Å². The molecule has 0 radical (unpaired) electrons. The average molecular weight is 341 g/mol. The molecular formula is C11H9BrN4O2S. The molecule has 6 nitrogen and oxygen atoms in total. The fourth-order valence-electron chi connectivity index (χ4n) is 1.43. The Balaban J connectivity index is 2.41. The number of anilines is 1.